The zero-order valence-electron chi connectivity index (χ0n) is 3.39. The highest BCUT2D eigenvalue weighted by Crippen LogP contribution is 2.08. The number of thiol groups is 1. The highest BCUT2D eigenvalue weighted by Gasteiger charge is 1.91. The molecule has 1 nitrogen and oxygen atoms in total. The molecule has 38 valence electrons. The van der Waals surface area contributed by atoms with Crippen LogP contribution in [0.5, 0.6) is 0 Å². The predicted octanol–water partition coefficient (Wildman–Crippen LogP) is 1.71. The summed E-state index contributed by atoms with van der Waals surface area (Å²) in [4.78, 5) is 0. The van der Waals surface area contributed by atoms with Crippen molar-refractivity contribution in [1.29, 1.82) is 0 Å². The maximum atomic E-state index is 11.8. The molecule has 0 fully saturated rings. The first-order chi connectivity index (χ1) is 3.29. The molecule has 0 unspecified atom stereocenters. The van der Waals surface area contributed by atoms with Crippen molar-refractivity contribution in [3.63, 3.8) is 0 Å². The lowest BCUT2D eigenvalue weighted by Gasteiger charge is -1.67. The summed E-state index contributed by atoms with van der Waals surface area (Å²) >= 11 is 3.70. The molecular weight excluding hydrogens is 115 g/mol. The van der Waals surface area contributed by atoms with E-state index in [1.165, 1.54) is 6.07 Å². The van der Waals surface area contributed by atoms with Crippen LogP contribution in [0.25, 0.3) is 0 Å². The molecule has 0 radical (unpaired) electrons. The van der Waals surface area contributed by atoms with Crippen LogP contribution in [0.4, 0.5) is 4.39 Å². The van der Waals surface area contributed by atoms with Gasteiger partial charge >= 0.3 is 0 Å². The molecule has 0 N–H and O–H groups in total. The number of rotatable bonds is 0. The number of hydrogen-bond acceptors (Lipinski definition) is 2. The van der Waals surface area contributed by atoms with Crippen molar-refractivity contribution in [1.82, 2.24) is 0 Å². The largest absolute Gasteiger partial charge is 0.455 e. The van der Waals surface area contributed by atoms with Crippen molar-refractivity contribution in [2.45, 2.75) is 5.09 Å². The molecule has 0 aliphatic heterocycles. The molecule has 0 spiro atoms. The van der Waals surface area contributed by atoms with Crippen LogP contribution >= 0.6 is 12.6 Å². The topological polar surface area (TPSA) is 13.1 Å². The second-order valence-electron chi connectivity index (χ2n) is 1.10. The third-order valence-corrected chi connectivity index (χ3v) is 0.788. The third kappa shape index (κ3) is 0.962. The molecule has 0 amide bonds. The van der Waals surface area contributed by atoms with Crippen molar-refractivity contribution >= 4 is 12.6 Å². The molecule has 0 aliphatic rings. The van der Waals surface area contributed by atoms with E-state index >= 15 is 0 Å². The van der Waals surface area contributed by atoms with Gasteiger partial charge in [0.15, 0.2) is 10.9 Å². The van der Waals surface area contributed by atoms with E-state index in [2.05, 4.69) is 17.0 Å². The van der Waals surface area contributed by atoms with E-state index in [-0.39, 0.29) is 5.82 Å². The molecule has 1 heterocycles. The van der Waals surface area contributed by atoms with Gasteiger partial charge < -0.3 is 4.42 Å². The standard InChI is InChI=1S/C4H3FOS/c5-3-1-4(7)6-2-3/h1-2,7H. The first kappa shape index (κ1) is 4.71. The first-order valence-electron chi connectivity index (χ1n) is 1.72. The van der Waals surface area contributed by atoms with E-state index in [1.807, 2.05) is 0 Å². The molecule has 7 heavy (non-hydrogen) atoms. The average Bonchev–Trinajstić information content (AvgIpc) is 1.87. The molecule has 0 aliphatic carbocycles. The molecule has 0 aromatic carbocycles. The van der Waals surface area contributed by atoms with Gasteiger partial charge in [-0.1, -0.05) is 0 Å². The molecule has 0 saturated carbocycles. The summed E-state index contributed by atoms with van der Waals surface area (Å²) in [5, 5.41) is 0.303. The van der Waals surface area contributed by atoms with E-state index in [4.69, 9.17) is 0 Å². The normalized spacial score (nSPS) is 9.43. The van der Waals surface area contributed by atoms with E-state index in [1.54, 1.807) is 0 Å². The quantitative estimate of drug-likeness (QED) is 0.512. The number of halogens is 1. The average molecular weight is 118 g/mol. The van der Waals surface area contributed by atoms with Crippen molar-refractivity contribution in [2.75, 3.05) is 0 Å². The minimum Gasteiger partial charge on any atom is -0.455 e. The molecule has 0 saturated heterocycles. The van der Waals surface area contributed by atoms with Crippen LogP contribution in [-0.2, 0) is 0 Å². The van der Waals surface area contributed by atoms with Crippen LogP contribution in [0.2, 0.25) is 0 Å². The summed E-state index contributed by atoms with van der Waals surface area (Å²) < 4.78 is 16.2. The zero-order valence-corrected chi connectivity index (χ0v) is 4.28. The van der Waals surface area contributed by atoms with Crippen LogP contribution in [-0.4, -0.2) is 0 Å². The summed E-state index contributed by atoms with van der Waals surface area (Å²) in [5.41, 5.74) is 0. The van der Waals surface area contributed by atoms with Gasteiger partial charge in [0.1, 0.15) is 6.26 Å². The lowest BCUT2D eigenvalue weighted by molar-refractivity contribution is 0.465. The Hall–Kier alpha value is -0.440. The summed E-state index contributed by atoms with van der Waals surface area (Å²) in [6, 6.07) is 1.20. The van der Waals surface area contributed by atoms with Gasteiger partial charge in [-0.25, -0.2) is 4.39 Å². The second kappa shape index (κ2) is 1.58. The number of furan rings is 1. The summed E-state index contributed by atoms with van der Waals surface area (Å²) in [5.74, 6) is -0.384. The minimum atomic E-state index is -0.384. The smallest absolute Gasteiger partial charge is 0.162 e. The second-order valence-corrected chi connectivity index (χ2v) is 1.54. The van der Waals surface area contributed by atoms with Crippen molar-refractivity contribution in [2.24, 2.45) is 0 Å². The highest BCUT2D eigenvalue weighted by molar-refractivity contribution is 7.80. The predicted molar refractivity (Wildman–Crippen MR) is 25.9 cm³/mol. The zero-order chi connectivity index (χ0) is 5.28. The molecule has 1 aromatic rings. The lowest BCUT2D eigenvalue weighted by atomic mass is 10.6. The fourth-order valence-electron chi connectivity index (χ4n) is 0.303. The summed E-state index contributed by atoms with van der Waals surface area (Å²) in [6.45, 7) is 0. The summed E-state index contributed by atoms with van der Waals surface area (Å²) in [6.07, 6.45) is 1.00. The van der Waals surface area contributed by atoms with Crippen LogP contribution in [0.3, 0.4) is 0 Å². The summed E-state index contributed by atoms with van der Waals surface area (Å²) in [7, 11) is 0. The Morgan fingerprint density at radius 3 is 2.57 bits per heavy atom. The van der Waals surface area contributed by atoms with Crippen molar-refractivity contribution in [3.05, 3.63) is 18.1 Å². The van der Waals surface area contributed by atoms with Gasteiger partial charge in [0.25, 0.3) is 0 Å². The highest BCUT2D eigenvalue weighted by atomic mass is 32.1. The van der Waals surface area contributed by atoms with Gasteiger partial charge in [-0.05, 0) is 0 Å². The Balaban J connectivity index is 3.04. The maximum absolute atomic E-state index is 11.8. The van der Waals surface area contributed by atoms with Gasteiger partial charge in [0.2, 0.25) is 0 Å². The molecule has 0 bridgehead atoms. The van der Waals surface area contributed by atoms with Crippen LogP contribution in [0.15, 0.2) is 21.8 Å². The SMILES string of the molecule is Fc1coc(S)c1. The third-order valence-electron chi connectivity index (χ3n) is 0.554. The van der Waals surface area contributed by atoms with Crippen molar-refractivity contribution in [3.8, 4) is 0 Å². The van der Waals surface area contributed by atoms with E-state index < -0.39 is 0 Å². The Kier molecular flexibility index (Phi) is 1.06. The Morgan fingerprint density at radius 2 is 2.43 bits per heavy atom. The number of hydrogen-bond donors (Lipinski definition) is 1. The van der Waals surface area contributed by atoms with Gasteiger partial charge in [0, 0.05) is 6.07 Å². The fourth-order valence-corrected chi connectivity index (χ4v) is 0.479. The van der Waals surface area contributed by atoms with E-state index in [0.29, 0.717) is 5.09 Å². The minimum absolute atomic E-state index is 0.303. The molecule has 0 atom stereocenters. The van der Waals surface area contributed by atoms with E-state index in [9.17, 15) is 4.39 Å². The lowest BCUT2D eigenvalue weighted by Crippen LogP contribution is -1.51. The molecule has 1 rings (SSSR count). The molecular formula is C4H3FOS. The van der Waals surface area contributed by atoms with Crippen LogP contribution in [0.1, 0.15) is 0 Å². The van der Waals surface area contributed by atoms with Crippen LogP contribution in [0, 0.1) is 5.82 Å². The fraction of sp³-hybridized carbons (Fsp3) is 0. The maximum Gasteiger partial charge on any atom is 0.162 e. The van der Waals surface area contributed by atoms with Gasteiger partial charge in [-0.2, -0.15) is 0 Å². The van der Waals surface area contributed by atoms with Gasteiger partial charge in [-0.15, -0.1) is 12.6 Å². The van der Waals surface area contributed by atoms with Gasteiger partial charge in [-0.3, -0.25) is 0 Å². The van der Waals surface area contributed by atoms with E-state index in [0.717, 1.165) is 6.26 Å². The Morgan fingerprint density at radius 1 is 1.71 bits per heavy atom. The first-order valence-corrected chi connectivity index (χ1v) is 2.17. The Bertz CT molecular complexity index is 144. The van der Waals surface area contributed by atoms with Crippen molar-refractivity contribution < 1.29 is 8.81 Å². The molecule has 1 aromatic heterocycles. The monoisotopic (exact) mass is 118 g/mol. The van der Waals surface area contributed by atoms with Crippen LogP contribution < -0.4 is 0 Å². The van der Waals surface area contributed by atoms with Gasteiger partial charge in [0.05, 0.1) is 0 Å². The Labute approximate surface area is 45.5 Å². The molecule has 3 heteroatoms.